The molecule has 1 fully saturated rings. The van der Waals surface area contributed by atoms with Crippen LogP contribution in [0.3, 0.4) is 0 Å². The monoisotopic (exact) mass is 365 g/mol. The number of thioether (sulfide) groups is 1. The van der Waals surface area contributed by atoms with E-state index < -0.39 is 0 Å². The Labute approximate surface area is 149 Å². The quantitative estimate of drug-likeness (QED) is 0.779. The first kappa shape index (κ1) is 21.5. The Kier molecular flexibility index (Phi) is 12.7. The highest BCUT2D eigenvalue weighted by atomic mass is 35.5. The van der Waals surface area contributed by atoms with Gasteiger partial charge in [-0.2, -0.15) is 0 Å². The molecule has 22 heavy (non-hydrogen) atoms. The number of hydrogen-bond donors (Lipinski definition) is 2. The van der Waals surface area contributed by atoms with Crippen molar-refractivity contribution in [3.63, 3.8) is 0 Å². The number of piperidine rings is 1. The number of amides is 1. The lowest BCUT2D eigenvalue weighted by Crippen LogP contribution is -2.33. The van der Waals surface area contributed by atoms with E-state index in [1.807, 2.05) is 18.2 Å². The maximum absolute atomic E-state index is 11.7. The number of nitrogens with zero attached hydrogens (tertiary/aromatic N) is 1. The third kappa shape index (κ3) is 8.83. The summed E-state index contributed by atoms with van der Waals surface area (Å²) in [5.74, 6) is 2.17. The predicted molar refractivity (Wildman–Crippen MR) is 98.1 cm³/mol. The third-order valence-corrected chi connectivity index (χ3v) is 4.45. The van der Waals surface area contributed by atoms with E-state index in [0.29, 0.717) is 5.75 Å². The summed E-state index contributed by atoms with van der Waals surface area (Å²) in [6.45, 7) is 3.05. The van der Waals surface area contributed by atoms with Gasteiger partial charge in [0.2, 0.25) is 5.91 Å². The molecule has 4 nitrogen and oxygen atoms in total. The van der Waals surface area contributed by atoms with Crippen molar-refractivity contribution in [3.8, 4) is 0 Å². The number of aromatic nitrogens is 1. The molecule has 1 unspecified atom stereocenters. The minimum atomic E-state index is 0. The molecule has 1 aromatic rings. The Balaban J connectivity index is 0.00000220. The van der Waals surface area contributed by atoms with Gasteiger partial charge in [-0.3, -0.25) is 9.78 Å². The van der Waals surface area contributed by atoms with Crippen molar-refractivity contribution in [3.05, 3.63) is 30.1 Å². The van der Waals surface area contributed by atoms with E-state index in [4.69, 9.17) is 0 Å². The normalized spacial score (nSPS) is 17.0. The SMILES string of the molecule is Cl.Cl.O=C(CSCc1ccccn1)NCCC1CCCNC1. The molecule has 0 spiro atoms. The summed E-state index contributed by atoms with van der Waals surface area (Å²) in [6, 6.07) is 5.86. The molecular weight excluding hydrogens is 341 g/mol. The molecule has 2 heterocycles. The topological polar surface area (TPSA) is 54.0 Å². The smallest absolute Gasteiger partial charge is 0.230 e. The summed E-state index contributed by atoms with van der Waals surface area (Å²) >= 11 is 1.61. The van der Waals surface area contributed by atoms with Crippen LogP contribution < -0.4 is 10.6 Å². The van der Waals surface area contributed by atoms with Crippen LogP contribution in [-0.4, -0.2) is 36.3 Å². The fraction of sp³-hybridized carbons (Fsp3) is 0.600. The average molecular weight is 366 g/mol. The van der Waals surface area contributed by atoms with Crippen LogP contribution in [0.15, 0.2) is 24.4 Å². The predicted octanol–water partition coefficient (Wildman–Crippen LogP) is 2.66. The highest BCUT2D eigenvalue weighted by molar-refractivity contribution is 7.99. The molecule has 1 aliphatic heterocycles. The Morgan fingerprint density at radius 1 is 1.41 bits per heavy atom. The second-order valence-electron chi connectivity index (χ2n) is 5.16. The van der Waals surface area contributed by atoms with Gasteiger partial charge in [0.05, 0.1) is 11.4 Å². The Hall–Kier alpha value is -0.490. The molecule has 0 radical (unpaired) electrons. The van der Waals surface area contributed by atoms with Gasteiger partial charge >= 0.3 is 0 Å². The molecule has 0 saturated carbocycles. The van der Waals surface area contributed by atoms with Gasteiger partial charge < -0.3 is 10.6 Å². The summed E-state index contributed by atoms with van der Waals surface area (Å²) in [5.41, 5.74) is 1.03. The molecule has 7 heteroatoms. The van der Waals surface area contributed by atoms with E-state index in [9.17, 15) is 4.79 Å². The zero-order chi connectivity index (χ0) is 14.0. The van der Waals surface area contributed by atoms with Gasteiger partial charge in [-0.05, 0) is 50.4 Å². The Morgan fingerprint density at radius 3 is 2.95 bits per heavy atom. The van der Waals surface area contributed by atoms with Crippen LogP contribution >= 0.6 is 36.6 Å². The molecule has 1 amide bonds. The second-order valence-corrected chi connectivity index (χ2v) is 6.15. The molecular formula is C15H25Cl2N3OS. The molecule has 1 atom stereocenters. The van der Waals surface area contributed by atoms with E-state index in [1.54, 1.807) is 18.0 Å². The number of rotatable bonds is 7. The third-order valence-electron chi connectivity index (χ3n) is 3.48. The minimum Gasteiger partial charge on any atom is -0.355 e. The van der Waals surface area contributed by atoms with Crippen molar-refractivity contribution >= 4 is 42.5 Å². The summed E-state index contributed by atoms with van der Waals surface area (Å²) < 4.78 is 0. The first-order chi connectivity index (χ1) is 9.84. The summed E-state index contributed by atoms with van der Waals surface area (Å²) in [4.78, 5) is 15.9. The van der Waals surface area contributed by atoms with Crippen LogP contribution in [0.1, 0.15) is 25.0 Å². The molecule has 1 aromatic heterocycles. The maximum atomic E-state index is 11.7. The first-order valence-corrected chi connectivity index (χ1v) is 8.45. The minimum absolute atomic E-state index is 0. The number of hydrogen-bond acceptors (Lipinski definition) is 4. The van der Waals surface area contributed by atoms with Gasteiger partial charge in [-0.25, -0.2) is 0 Å². The van der Waals surface area contributed by atoms with Crippen LogP contribution in [0.5, 0.6) is 0 Å². The summed E-state index contributed by atoms with van der Waals surface area (Å²) in [6.07, 6.45) is 5.42. The van der Waals surface area contributed by atoms with Crippen LogP contribution in [0.25, 0.3) is 0 Å². The van der Waals surface area contributed by atoms with Crippen molar-refractivity contribution in [2.75, 3.05) is 25.4 Å². The van der Waals surface area contributed by atoms with Gasteiger partial charge in [0.1, 0.15) is 0 Å². The lowest BCUT2D eigenvalue weighted by atomic mass is 9.96. The molecule has 0 aromatic carbocycles. The van der Waals surface area contributed by atoms with E-state index >= 15 is 0 Å². The lowest BCUT2D eigenvalue weighted by molar-refractivity contribution is -0.118. The molecule has 126 valence electrons. The van der Waals surface area contributed by atoms with Gasteiger partial charge in [0, 0.05) is 18.5 Å². The van der Waals surface area contributed by atoms with Gasteiger partial charge in [-0.1, -0.05) is 6.07 Å². The van der Waals surface area contributed by atoms with E-state index in [0.717, 1.165) is 43.4 Å². The largest absolute Gasteiger partial charge is 0.355 e. The molecule has 2 rings (SSSR count). The van der Waals surface area contributed by atoms with Crippen LogP contribution in [0, 0.1) is 5.92 Å². The zero-order valence-corrected chi connectivity index (χ0v) is 15.1. The Bertz CT molecular complexity index is 403. The van der Waals surface area contributed by atoms with E-state index in [1.165, 1.54) is 12.8 Å². The maximum Gasteiger partial charge on any atom is 0.230 e. The zero-order valence-electron chi connectivity index (χ0n) is 12.6. The first-order valence-electron chi connectivity index (χ1n) is 7.29. The van der Waals surface area contributed by atoms with Crippen molar-refractivity contribution in [1.29, 1.82) is 0 Å². The van der Waals surface area contributed by atoms with E-state index in [-0.39, 0.29) is 30.7 Å². The summed E-state index contributed by atoms with van der Waals surface area (Å²) in [5, 5.41) is 6.41. The van der Waals surface area contributed by atoms with Crippen LogP contribution in [-0.2, 0) is 10.5 Å². The number of nitrogens with one attached hydrogen (secondary N) is 2. The highest BCUT2D eigenvalue weighted by Gasteiger charge is 2.12. The number of carbonyl (C=O) groups is 1. The van der Waals surface area contributed by atoms with Crippen molar-refractivity contribution in [2.24, 2.45) is 5.92 Å². The van der Waals surface area contributed by atoms with E-state index in [2.05, 4.69) is 15.6 Å². The Morgan fingerprint density at radius 2 is 2.27 bits per heavy atom. The number of pyridine rings is 1. The molecule has 1 aliphatic rings. The highest BCUT2D eigenvalue weighted by Crippen LogP contribution is 2.13. The molecule has 0 aliphatic carbocycles. The van der Waals surface area contributed by atoms with Crippen LogP contribution in [0.4, 0.5) is 0 Å². The van der Waals surface area contributed by atoms with Gasteiger partial charge in [0.15, 0.2) is 0 Å². The standard InChI is InChI=1S/C15H23N3OS.2ClH/c19-15(12-20-11-14-5-1-2-8-17-14)18-9-6-13-4-3-7-16-10-13;;/h1-2,5,8,13,16H,3-4,6-7,9-12H2,(H,18,19);2*1H. The fourth-order valence-electron chi connectivity index (χ4n) is 2.37. The molecule has 1 saturated heterocycles. The van der Waals surface area contributed by atoms with Gasteiger partial charge in [0.25, 0.3) is 0 Å². The summed E-state index contributed by atoms with van der Waals surface area (Å²) in [7, 11) is 0. The second kappa shape index (κ2) is 13.0. The molecule has 2 N–H and O–H groups in total. The fourth-order valence-corrected chi connectivity index (χ4v) is 3.14. The van der Waals surface area contributed by atoms with Gasteiger partial charge in [-0.15, -0.1) is 36.6 Å². The van der Waals surface area contributed by atoms with Crippen LogP contribution in [0.2, 0.25) is 0 Å². The van der Waals surface area contributed by atoms with Crippen molar-refractivity contribution < 1.29 is 4.79 Å². The molecule has 0 bridgehead atoms. The van der Waals surface area contributed by atoms with Crippen molar-refractivity contribution in [2.45, 2.75) is 25.0 Å². The lowest BCUT2D eigenvalue weighted by Gasteiger charge is -2.22. The average Bonchev–Trinajstić information content (AvgIpc) is 2.49. The van der Waals surface area contributed by atoms with Crippen molar-refractivity contribution in [1.82, 2.24) is 15.6 Å². The number of halogens is 2. The number of carbonyl (C=O) groups excluding carboxylic acids is 1.